The molecule has 0 aliphatic rings. The molecule has 0 unspecified atom stereocenters. The molecule has 0 saturated heterocycles. The molecule has 0 bridgehead atoms. The fraction of sp³-hybridized carbons (Fsp3) is 0.182. The highest BCUT2D eigenvalue weighted by atomic mass is 16.6. The van der Waals surface area contributed by atoms with Gasteiger partial charge in [0.1, 0.15) is 6.61 Å². The van der Waals surface area contributed by atoms with Crippen molar-refractivity contribution in [2.75, 3.05) is 0 Å². The molecule has 2 nitrogen and oxygen atoms in total. The van der Waals surface area contributed by atoms with Gasteiger partial charge in [-0.2, -0.15) is 0 Å². The van der Waals surface area contributed by atoms with E-state index in [0.29, 0.717) is 12.2 Å². The van der Waals surface area contributed by atoms with Crippen LogP contribution >= 0.6 is 0 Å². The van der Waals surface area contributed by atoms with Crippen LogP contribution in [0, 0.1) is 0 Å². The average molecular weight is 177 g/mol. The molecule has 0 amide bonds. The molecule has 1 aromatic rings. The first-order valence-corrected chi connectivity index (χ1v) is 4.06. The zero-order valence-electron chi connectivity index (χ0n) is 7.62. The predicted molar refractivity (Wildman–Crippen MR) is 51.1 cm³/mol. The molecule has 0 heterocycles. The van der Waals surface area contributed by atoms with E-state index in [1.165, 1.54) is 0 Å². The summed E-state index contributed by atoms with van der Waals surface area (Å²) < 4.78 is 4.95. The molecular weight excluding hydrogens is 165 g/mol. The van der Waals surface area contributed by atoms with E-state index < -0.39 is 0 Å². The van der Waals surface area contributed by atoms with Gasteiger partial charge in [-0.15, -0.1) is 0 Å². The van der Waals surface area contributed by atoms with Crippen molar-refractivity contribution in [3.05, 3.63) is 48.0 Å². The van der Waals surface area contributed by atoms with Crippen molar-refractivity contribution in [3.8, 4) is 0 Å². The van der Waals surface area contributed by atoms with Crippen LogP contribution in [0.1, 0.15) is 12.5 Å². The van der Waals surface area contributed by atoms with Crippen molar-refractivity contribution in [1.82, 2.24) is 0 Å². The zero-order valence-corrected chi connectivity index (χ0v) is 7.62. The Hall–Kier alpha value is -1.57. The van der Waals surface area contributed by atoms with Gasteiger partial charge in [0.2, 0.25) is 0 Å². The lowest BCUT2D eigenvalue weighted by Gasteiger charge is -2.03. The van der Waals surface area contributed by atoms with Crippen molar-refractivity contribution < 1.29 is 9.53 Å². The first-order valence-electron chi connectivity index (χ1n) is 4.06. The Morgan fingerprint density at radius 2 is 2.00 bits per heavy atom. The zero-order chi connectivity index (χ0) is 9.68. The summed E-state index contributed by atoms with van der Waals surface area (Å²) in [7, 11) is 0. The molecule has 0 spiro atoms. The van der Waals surface area contributed by atoms with E-state index in [0.717, 1.165) is 5.56 Å². The number of rotatable bonds is 3. The van der Waals surface area contributed by atoms with Crippen LogP contribution in [0.15, 0.2) is 42.5 Å². The maximum Gasteiger partial charge on any atom is 0.333 e. The molecule has 0 N–H and O–H groups in total. The summed E-state index contributed by atoms with van der Waals surface area (Å²) in [6.07, 6.45) is 0. The van der Waals surface area contributed by atoms with Gasteiger partial charge in [0.25, 0.3) is 0 Å². The average Bonchev–Trinajstić information content (AvgIpc) is 2.15. The van der Waals surface area contributed by atoms with Gasteiger partial charge in [-0.3, -0.25) is 0 Å². The normalized spacial score (nSPS) is 9.31. The number of esters is 1. The fourth-order valence-corrected chi connectivity index (χ4v) is 0.846. The van der Waals surface area contributed by atoms with Crippen molar-refractivity contribution in [2.45, 2.75) is 13.5 Å². The molecule has 0 radical (unpaired) electrons. The Balaban J connectivity index is 2.44. The van der Waals surface area contributed by atoms with Gasteiger partial charge in [0.05, 0.1) is 0 Å². The summed E-state index contributed by atoms with van der Waals surface area (Å²) in [5, 5.41) is 0. The topological polar surface area (TPSA) is 26.3 Å². The van der Waals surface area contributed by atoms with E-state index in [-0.39, 0.29) is 5.97 Å². The standard InChI is InChI=1S/C11H12O2/c1-9(2)11(12)13-8-10-6-4-3-5-7-10/h3-7H,1,8H2,2H3/i11+1. The smallest absolute Gasteiger partial charge is 0.333 e. The molecule has 1 rings (SSSR count). The van der Waals surface area contributed by atoms with Gasteiger partial charge in [-0.05, 0) is 12.5 Å². The van der Waals surface area contributed by atoms with E-state index in [1.54, 1.807) is 6.92 Å². The third kappa shape index (κ3) is 3.11. The second-order valence-electron chi connectivity index (χ2n) is 2.84. The lowest BCUT2D eigenvalue weighted by atomic mass is 10.2. The number of benzene rings is 1. The van der Waals surface area contributed by atoms with Crippen LogP contribution < -0.4 is 0 Å². The van der Waals surface area contributed by atoms with Gasteiger partial charge >= 0.3 is 5.97 Å². The molecule has 0 atom stereocenters. The molecule has 2 heteroatoms. The third-order valence-corrected chi connectivity index (χ3v) is 1.56. The Labute approximate surface area is 77.8 Å². The molecule has 0 aliphatic carbocycles. The Kier molecular flexibility index (Phi) is 3.26. The SMILES string of the molecule is C=C(C)[13C](=O)OCc1ccccc1. The Bertz CT molecular complexity index is 301. The Morgan fingerprint density at radius 1 is 1.38 bits per heavy atom. The van der Waals surface area contributed by atoms with Gasteiger partial charge in [-0.1, -0.05) is 36.9 Å². The number of hydrogen-bond acceptors (Lipinski definition) is 2. The summed E-state index contributed by atoms with van der Waals surface area (Å²) >= 11 is 0. The maximum absolute atomic E-state index is 11.0. The van der Waals surface area contributed by atoms with Crippen LogP contribution in [0.25, 0.3) is 0 Å². The van der Waals surface area contributed by atoms with Crippen molar-refractivity contribution in [1.29, 1.82) is 0 Å². The van der Waals surface area contributed by atoms with Crippen LogP contribution in [0.2, 0.25) is 0 Å². The van der Waals surface area contributed by atoms with Gasteiger partial charge < -0.3 is 4.74 Å². The minimum atomic E-state index is -0.344. The Morgan fingerprint density at radius 3 is 2.54 bits per heavy atom. The van der Waals surface area contributed by atoms with Gasteiger partial charge in [-0.25, -0.2) is 4.79 Å². The number of carbonyl (C=O) groups is 1. The third-order valence-electron chi connectivity index (χ3n) is 1.56. The summed E-state index contributed by atoms with van der Waals surface area (Å²) in [6.45, 7) is 5.44. The molecule has 68 valence electrons. The number of carbonyl (C=O) groups excluding carboxylic acids is 1. The van der Waals surface area contributed by atoms with Crippen molar-refractivity contribution >= 4 is 5.97 Å². The quantitative estimate of drug-likeness (QED) is 0.402. The summed E-state index contributed by atoms with van der Waals surface area (Å²) in [5.41, 5.74) is 1.41. The highest BCUT2D eigenvalue weighted by Gasteiger charge is 2.02. The van der Waals surface area contributed by atoms with Gasteiger partial charge in [0.15, 0.2) is 0 Å². The molecule has 0 fully saturated rings. The molecular formula is C11H12O2. The lowest BCUT2D eigenvalue weighted by Crippen LogP contribution is -2.04. The van der Waals surface area contributed by atoms with Crippen molar-refractivity contribution in [2.24, 2.45) is 0 Å². The van der Waals surface area contributed by atoms with Crippen LogP contribution in [0.3, 0.4) is 0 Å². The lowest BCUT2D eigenvalue weighted by molar-refractivity contribution is -0.140. The molecule has 0 aromatic heterocycles. The van der Waals surface area contributed by atoms with E-state index in [9.17, 15) is 4.79 Å². The van der Waals surface area contributed by atoms with Crippen LogP contribution in [-0.2, 0) is 16.1 Å². The minimum Gasteiger partial charge on any atom is -0.457 e. The van der Waals surface area contributed by atoms with Gasteiger partial charge in [0, 0.05) is 5.57 Å². The molecule has 1 aromatic carbocycles. The monoisotopic (exact) mass is 177 g/mol. The van der Waals surface area contributed by atoms with E-state index in [2.05, 4.69) is 6.58 Å². The second kappa shape index (κ2) is 4.45. The van der Waals surface area contributed by atoms with Crippen LogP contribution in [-0.4, -0.2) is 5.97 Å². The van der Waals surface area contributed by atoms with E-state index in [4.69, 9.17) is 4.74 Å². The summed E-state index contributed by atoms with van der Waals surface area (Å²) in [6, 6.07) is 9.55. The number of ether oxygens (including phenoxy) is 1. The minimum absolute atomic E-state index is 0.312. The largest absolute Gasteiger partial charge is 0.457 e. The van der Waals surface area contributed by atoms with E-state index in [1.807, 2.05) is 30.3 Å². The first kappa shape index (κ1) is 9.52. The highest BCUT2D eigenvalue weighted by molar-refractivity contribution is 5.86. The fourth-order valence-electron chi connectivity index (χ4n) is 0.846. The first-order chi connectivity index (χ1) is 6.20. The predicted octanol–water partition coefficient (Wildman–Crippen LogP) is 2.31. The molecule has 0 aliphatic heterocycles. The van der Waals surface area contributed by atoms with Crippen molar-refractivity contribution in [3.63, 3.8) is 0 Å². The highest BCUT2D eigenvalue weighted by Crippen LogP contribution is 2.02. The van der Waals surface area contributed by atoms with Crippen LogP contribution in [0.4, 0.5) is 0 Å². The maximum atomic E-state index is 11.0. The summed E-state index contributed by atoms with van der Waals surface area (Å²) in [4.78, 5) is 11.0. The van der Waals surface area contributed by atoms with Crippen LogP contribution in [0.5, 0.6) is 0 Å². The second-order valence-corrected chi connectivity index (χ2v) is 2.84. The number of hydrogen-bond donors (Lipinski definition) is 0. The molecule has 13 heavy (non-hydrogen) atoms. The molecule has 0 saturated carbocycles. The van der Waals surface area contributed by atoms with E-state index >= 15 is 0 Å². The summed E-state index contributed by atoms with van der Waals surface area (Å²) in [5.74, 6) is -0.344.